The summed E-state index contributed by atoms with van der Waals surface area (Å²) in [4.78, 5) is 17.6. The van der Waals surface area contributed by atoms with Gasteiger partial charge in [-0.05, 0) is 86.6 Å². The lowest BCUT2D eigenvalue weighted by Gasteiger charge is -2.39. The molecule has 0 aliphatic carbocycles. The molecule has 2 saturated heterocycles. The third-order valence-corrected chi connectivity index (χ3v) is 7.62. The number of morpholine rings is 1. The Bertz CT molecular complexity index is 908. The number of rotatable bonds is 4. The van der Waals surface area contributed by atoms with Crippen molar-refractivity contribution >= 4 is 21.8 Å². The maximum Gasteiger partial charge on any atom is 0.253 e. The fourth-order valence-corrected chi connectivity index (χ4v) is 5.17. The summed E-state index contributed by atoms with van der Waals surface area (Å²) < 4.78 is 8.78. The lowest BCUT2D eigenvalue weighted by atomic mass is 9.95. The number of likely N-dealkylation sites (tertiary alicyclic amines) is 1. The topological polar surface area (TPSA) is 50.6 Å². The number of amides is 1. The Morgan fingerprint density at radius 2 is 1.71 bits per heavy atom. The minimum atomic E-state index is 0.133. The van der Waals surface area contributed by atoms with Crippen LogP contribution in [0.15, 0.2) is 28.7 Å². The largest absolute Gasteiger partial charge is 0.373 e. The van der Waals surface area contributed by atoms with Gasteiger partial charge >= 0.3 is 0 Å². The lowest BCUT2D eigenvalue weighted by Crippen LogP contribution is -2.48. The molecule has 0 saturated carbocycles. The molecule has 1 amide bonds. The van der Waals surface area contributed by atoms with Crippen molar-refractivity contribution in [3.63, 3.8) is 0 Å². The Balaban J connectivity index is 1.33. The van der Waals surface area contributed by atoms with Gasteiger partial charge in [0.1, 0.15) is 0 Å². The summed E-state index contributed by atoms with van der Waals surface area (Å²) in [7, 11) is 0. The van der Waals surface area contributed by atoms with Crippen LogP contribution in [0.5, 0.6) is 0 Å². The van der Waals surface area contributed by atoms with Crippen LogP contribution in [0.25, 0.3) is 5.69 Å². The van der Waals surface area contributed by atoms with E-state index in [0.717, 1.165) is 72.7 Å². The van der Waals surface area contributed by atoms with Gasteiger partial charge in [-0.15, -0.1) is 0 Å². The van der Waals surface area contributed by atoms with Crippen LogP contribution in [-0.2, 0) is 4.74 Å². The van der Waals surface area contributed by atoms with Gasteiger partial charge in [0.15, 0.2) is 0 Å². The Hall–Kier alpha value is -1.70. The van der Waals surface area contributed by atoms with Crippen molar-refractivity contribution in [1.29, 1.82) is 0 Å². The maximum atomic E-state index is 13.0. The first-order valence-electron chi connectivity index (χ1n) is 11.3. The van der Waals surface area contributed by atoms with Gasteiger partial charge in [-0.3, -0.25) is 9.69 Å². The molecule has 6 nitrogen and oxygen atoms in total. The van der Waals surface area contributed by atoms with Crippen LogP contribution in [-0.4, -0.2) is 70.4 Å². The number of nitrogens with zero attached hydrogens (tertiary/aromatic N) is 4. The fourth-order valence-electron chi connectivity index (χ4n) is 4.92. The molecule has 0 spiro atoms. The summed E-state index contributed by atoms with van der Waals surface area (Å²) in [5, 5.41) is 4.57. The van der Waals surface area contributed by atoms with E-state index in [2.05, 4.69) is 39.8 Å². The number of hydrogen-bond acceptors (Lipinski definition) is 4. The molecule has 2 unspecified atom stereocenters. The molecule has 3 heterocycles. The van der Waals surface area contributed by atoms with E-state index in [9.17, 15) is 4.79 Å². The van der Waals surface area contributed by atoms with E-state index in [-0.39, 0.29) is 5.91 Å². The average Bonchev–Trinajstić information content (AvgIpc) is 3.00. The molecular formula is C24H33BrN4O2. The van der Waals surface area contributed by atoms with Crippen molar-refractivity contribution in [1.82, 2.24) is 19.6 Å². The number of carbonyl (C=O) groups is 1. The summed E-state index contributed by atoms with van der Waals surface area (Å²) >= 11 is 3.58. The van der Waals surface area contributed by atoms with Crippen LogP contribution in [0.1, 0.15) is 48.4 Å². The summed E-state index contributed by atoms with van der Waals surface area (Å²) in [5.74, 6) is 0.793. The van der Waals surface area contributed by atoms with Crippen molar-refractivity contribution in [3.8, 4) is 5.69 Å². The molecule has 7 heteroatoms. The monoisotopic (exact) mass is 488 g/mol. The zero-order valence-electron chi connectivity index (χ0n) is 19.0. The molecule has 2 fully saturated rings. The molecule has 31 heavy (non-hydrogen) atoms. The molecule has 2 aliphatic rings. The predicted octanol–water partition coefficient (Wildman–Crippen LogP) is 4.21. The summed E-state index contributed by atoms with van der Waals surface area (Å²) in [5.41, 5.74) is 3.73. The molecule has 1 aromatic heterocycles. The number of benzene rings is 1. The molecule has 4 rings (SSSR count). The molecule has 0 radical (unpaired) electrons. The van der Waals surface area contributed by atoms with Crippen molar-refractivity contribution in [2.45, 2.75) is 52.7 Å². The van der Waals surface area contributed by atoms with Crippen molar-refractivity contribution < 1.29 is 9.53 Å². The Morgan fingerprint density at radius 3 is 2.26 bits per heavy atom. The van der Waals surface area contributed by atoms with Gasteiger partial charge in [0, 0.05) is 38.3 Å². The molecule has 168 valence electrons. The second-order valence-corrected chi connectivity index (χ2v) is 9.95. The normalized spacial score (nSPS) is 23.3. The predicted molar refractivity (Wildman–Crippen MR) is 126 cm³/mol. The fraction of sp³-hybridized carbons (Fsp3) is 0.583. The Labute approximate surface area is 193 Å². The second kappa shape index (κ2) is 9.43. The van der Waals surface area contributed by atoms with E-state index in [4.69, 9.17) is 4.74 Å². The van der Waals surface area contributed by atoms with E-state index in [1.165, 1.54) is 0 Å². The van der Waals surface area contributed by atoms with E-state index in [1.54, 1.807) is 0 Å². The van der Waals surface area contributed by atoms with Gasteiger partial charge in [-0.2, -0.15) is 5.10 Å². The van der Waals surface area contributed by atoms with Crippen molar-refractivity contribution in [3.05, 3.63) is 45.7 Å². The molecular weight excluding hydrogens is 456 g/mol. The minimum Gasteiger partial charge on any atom is -0.373 e. The highest BCUT2D eigenvalue weighted by molar-refractivity contribution is 9.10. The molecule has 0 bridgehead atoms. The van der Waals surface area contributed by atoms with Crippen LogP contribution >= 0.6 is 15.9 Å². The highest BCUT2D eigenvalue weighted by Crippen LogP contribution is 2.25. The highest BCUT2D eigenvalue weighted by Gasteiger charge is 2.28. The van der Waals surface area contributed by atoms with Crippen LogP contribution in [0.4, 0.5) is 0 Å². The highest BCUT2D eigenvalue weighted by atomic mass is 79.9. The number of aryl methyl sites for hydroxylation is 1. The zero-order chi connectivity index (χ0) is 22.1. The van der Waals surface area contributed by atoms with Gasteiger partial charge in [0.05, 0.1) is 33.8 Å². The van der Waals surface area contributed by atoms with E-state index in [1.807, 2.05) is 47.7 Å². The summed E-state index contributed by atoms with van der Waals surface area (Å²) in [6.45, 7) is 13.2. The first-order valence-corrected chi connectivity index (χ1v) is 12.1. The van der Waals surface area contributed by atoms with Crippen LogP contribution < -0.4 is 0 Å². The molecule has 1 aromatic carbocycles. The number of aromatic nitrogens is 2. The van der Waals surface area contributed by atoms with Crippen LogP contribution in [0.2, 0.25) is 0 Å². The first-order chi connectivity index (χ1) is 14.8. The standard InChI is InChI=1S/C24H33BrN4O2/c1-16-13-27(14-17(2)31-16)15-20-9-11-28(12-10-20)24(30)21-5-7-22(8-6-21)29-19(4)23(25)18(3)26-29/h5-8,16-17,20H,9-15H2,1-4H3. The number of piperidine rings is 1. The summed E-state index contributed by atoms with van der Waals surface area (Å²) in [6, 6.07) is 7.80. The van der Waals surface area contributed by atoms with E-state index >= 15 is 0 Å². The van der Waals surface area contributed by atoms with Crippen molar-refractivity contribution in [2.24, 2.45) is 5.92 Å². The first kappa shape index (κ1) is 22.5. The third kappa shape index (κ3) is 5.04. The molecule has 0 N–H and O–H groups in total. The number of hydrogen-bond donors (Lipinski definition) is 0. The molecule has 2 atom stereocenters. The Morgan fingerprint density at radius 1 is 1.10 bits per heavy atom. The number of ether oxygens (including phenoxy) is 1. The van der Waals surface area contributed by atoms with E-state index in [0.29, 0.717) is 18.1 Å². The quantitative estimate of drug-likeness (QED) is 0.646. The van der Waals surface area contributed by atoms with Gasteiger partial charge in [-0.1, -0.05) is 0 Å². The van der Waals surface area contributed by atoms with Gasteiger partial charge in [-0.25, -0.2) is 4.68 Å². The van der Waals surface area contributed by atoms with Crippen LogP contribution in [0.3, 0.4) is 0 Å². The van der Waals surface area contributed by atoms with E-state index < -0.39 is 0 Å². The van der Waals surface area contributed by atoms with Crippen LogP contribution in [0, 0.1) is 19.8 Å². The van der Waals surface area contributed by atoms with Gasteiger partial charge < -0.3 is 9.64 Å². The maximum absolute atomic E-state index is 13.0. The average molecular weight is 489 g/mol. The van der Waals surface area contributed by atoms with Gasteiger partial charge in [0.25, 0.3) is 5.91 Å². The lowest BCUT2D eigenvalue weighted by molar-refractivity contribution is -0.0728. The molecule has 2 aromatic rings. The second-order valence-electron chi connectivity index (χ2n) is 9.15. The van der Waals surface area contributed by atoms with Gasteiger partial charge in [0.2, 0.25) is 0 Å². The summed E-state index contributed by atoms with van der Waals surface area (Å²) in [6.07, 6.45) is 2.76. The Kier molecular flexibility index (Phi) is 6.84. The third-order valence-electron chi connectivity index (χ3n) is 6.48. The zero-order valence-corrected chi connectivity index (χ0v) is 20.6. The SMILES string of the molecule is Cc1nn(-c2ccc(C(=O)N3CCC(CN4CC(C)OC(C)C4)CC3)cc2)c(C)c1Br. The number of carbonyl (C=O) groups excluding carboxylic acids is 1. The van der Waals surface area contributed by atoms with Crippen molar-refractivity contribution in [2.75, 3.05) is 32.7 Å². The molecule has 2 aliphatic heterocycles. The minimum absolute atomic E-state index is 0.133. The smallest absolute Gasteiger partial charge is 0.253 e. The number of halogens is 1.